The number of hydrogen-bond acceptors (Lipinski definition) is 6. The molecule has 2 heterocycles. The van der Waals surface area contributed by atoms with Gasteiger partial charge in [-0.25, -0.2) is 0 Å². The number of carboxylic acids is 1. The van der Waals surface area contributed by atoms with E-state index in [0.29, 0.717) is 25.8 Å². The molecule has 3 aromatic rings. The quantitative estimate of drug-likeness (QED) is 0.176. The van der Waals surface area contributed by atoms with Gasteiger partial charge in [0.05, 0.1) is 18.8 Å². The predicted molar refractivity (Wildman–Crippen MR) is 178 cm³/mol. The first-order valence-electron chi connectivity index (χ1n) is 16.9. The summed E-state index contributed by atoms with van der Waals surface area (Å²) in [7, 11) is 0. The number of ether oxygens (including phenoxy) is 2. The van der Waals surface area contributed by atoms with E-state index in [9.17, 15) is 14.7 Å². The van der Waals surface area contributed by atoms with E-state index in [2.05, 4.69) is 58.7 Å². The number of aliphatic hydroxyl groups excluding tert-OH is 1. The summed E-state index contributed by atoms with van der Waals surface area (Å²) in [5.74, 6) is -0.902. The van der Waals surface area contributed by atoms with Crippen LogP contribution in [0.4, 0.5) is 0 Å². The fraction of sp³-hybridized carbons (Fsp3) is 0.474. The molecule has 46 heavy (non-hydrogen) atoms. The number of hydrogen-bond donors (Lipinski definition) is 3. The number of benzene rings is 3. The van der Waals surface area contributed by atoms with Gasteiger partial charge in [-0.1, -0.05) is 86.0 Å². The molecule has 1 amide bonds. The molecule has 246 valence electrons. The largest absolute Gasteiger partial charge is 0.481 e. The highest BCUT2D eigenvalue weighted by molar-refractivity contribution is 5.76. The van der Waals surface area contributed by atoms with Gasteiger partial charge in [0.25, 0.3) is 0 Å². The number of unbranched alkanes of at least 4 members (excludes halogenated alkanes) is 1. The highest BCUT2D eigenvalue weighted by atomic mass is 16.7. The molecule has 0 bridgehead atoms. The topological polar surface area (TPSA) is 108 Å². The number of aliphatic carboxylic acids is 1. The van der Waals surface area contributed by atoms with Crippen molar-refractivity contribution >= 4 is 11.9 Å². The zero-order valence-electron chi connectivity index (χ0n) is 26.7. The molecule has 0 radical (unpaired) electrons. The Kier molecular flexibility index (Phi) is 12.8. The van der Waals surface area contributed by atoms with E-state index in [1.165, 1.54) is 32.1 Å². The maximum Gasteiger partial charge on any atom is 0.303 e. The molecule has 3 atom stereocenters. The minimum absolute atomic E-state index is 0.0230. The Bertz CT molecular complexity index is 1390. The molecule has 5 rings (SSSR count). The van der Waals surface area contributed by atoms with Gasteiger partial charge in [-0.3, -0.25) is 9.59 Å². The number of rotatable bonds is 13. The van der Waals surface area contributed by atoms with Crippen molar-refractivity contribution in [1.29, 1.82) is 0 Å². The van der Waals surface area contributed by atoms with Crippen molar-refractivity contribution in [3.63, 3.8) is 0 Å². The van der Waals surface area contributed by atoms with Gasteiger partial charge < -0.3 is 29.9 Å². The SMILES string of the molecule is O=C(O)CCCCC(=O)NCc1cccc(-c2ccc([C@H]3O[C@@H](CN4CCCCCCC4)C[C@@H](c4ccc(CO)cc4)O3)cc2)c1. The monoisotopic (exact) mass is 628 g/mol. The number of carboxylic acid groups (broad SMARTS) is 1. The third-order valence-electron chi connectivity index (χ3n) is 9.00. The summed E-state index contributed by atoms with van der Waals surface area (Å²) in [6.07, 6.45) is 8.14. The molecule has 2 aliphatic heterocycles. The minimum Gasteiger partial charge on any atom is -0.481 e. The molecule has 8 heteroatoms. The van der Waals surface area contributed by atoms with Crippen LogP contribution in [0.1, 0.15) is 98.9 Å². The molecule has 0 aromatic heterocycles. The van der Waals surface area contributed by atoms with Gasteiger partial charge in [-0.15, -0.1) is 0 Å². The van der Waals surface area contributed by atoms with Crippen molar-refractivity contribution in [2.45, 2.75) is 95.9 Å². The van der Waals surface area contributed by atoms with Crippen LogP contribution >= 0.6 is 0 Å². The van der Waals surface area contributed by atoms with Crippen LogP contribution in [0.2, 0.25) is 0 Å². The molecule has 0 saturated carbocycles. The van der Waals surface area contributed by atoms with Crippen LogP contribution in [0.25, 0.3) is 11.1 Å². The van der Waals surface area contributed by atoms with Gasteiger partial charge in [0.15, 0.2) is 6.29 Å². The number of carbonyl (C=O) groups excluding carboxylic acids is 1. The third kappa shape index (κ3) is 10.2. The maximum absolute atomic E-state index is 12.2. The van der Waals surface area contributed by atoms with Gasteiger partial charge >= 0.3 is 5.97 Å². The molecule has 3 aromatic carbocycles. The maximum atomic E-state index is 12.2. The third-order valence-corrected chi connectivity index (χ3v) is 9.00. The number of amides is 1. The second kappa shape index (κ2) is 17.4. The Morgan fingerprint density at radius 1 is 0.783 bits per heavy atom. The van der Waals surface area contributed by atoms with E-state index in [-0.39, 0.29) is 31.1 Å². The van der Waals surface area contributed by atoms with Gasteiger partial charge in [-0.2, -0.15) is 0 Å². The summed E-state index contributed by atoms with van der Waals surface area (Å²) in [4.78, 5) is 25.4. The summed E-state index contributed by atoms with van der Waals surface area (Å²) in [5, 5.41) is 21.2. The average molecular weight is 629 g/mol. The van der Waals surface area contributed by atoms with Crippen LogP contribution in [0.3, 0.4) is 0 Å². The van der Waals surface area contributed by atoms with Crippen molar-refractivity contribution in [3.8, 4) is 11.1 Å². The Labute approximate surface area is 272 Å². The molecule has 0 aliphatic carbocycles. The first-order valence-corrected chi connectivity index (χ1v) is 16.9. The number of carbonyl (C=O) groups is 2. The highest BCUT2D eigenvalue weighted by Crippen LogP contribution is 2.39. The first kappa shape index (κ1) is 33.8. The van der Waals surface area contributed by atoms with E-state index in [1.807, 2.05) is 24.3 Å². The first-order chi connectivity index (χ1) is 22.5. The lowest BCUT2D eigenvalue weighted by Crippen LogP contribution is -2.40. The highest BCUT2D eigenvalue weighted by Gasteiger charge is 2.33. The number of aliphatic hydroxyl groups is 1. The Hall–Kier alpha value is -3.56. The summed E-state index contributed by atoms with van der Waals surface area (Å²) in [6.45, 7) is 3.58. The van der Waals surface area contributed by atoms with Crippen LogP contribution in [0.5, 0.6) is 0 Å². The van der Waals surface area contributed by atoms with Crippen molar-refractivity contribution < 1.29 is 29.3 Å². The lowest BCUT2D eigenvalue weighted by Gasteiger charge is -2.38. The molecular weight excluding hydrogens is 580 g/mol. The summed E-state index contributed by atoms with van der Waals surface area (Å²) >= 11 is 0. The summed E-state index contributed by atoms with van der Waals surface area (Å²) in [5.41, 5.74) is 6.09. The summed E-state index contributed by atoms with van der Waals surface area (Å²) in [6, 6.07) is 24.5. The Balaban J connectivity index is 1.24. The van der Waals surface area contributed by atoms with Crippen LogP contribution in [-0.4, -0.2) is 52.7 Å². The smallest absolute Gasteiger partial charge is 0.303 e. The molecule has 2 aliphatic rings. The van der Waals surface area contributed by atoms with Crippen LogP contribution in [0, 0.1) is 0 Å². The van der Waals surface area contributed by atoms with Gasteiger partial charge in [0.1, 0.15) is 0 Å². The van der Waals surface area contributed by atoms with Gasteiger partial charge in [0, 0.05) is 37.9 Å². The second-order valence-electron chi connectivity index (χ2n) is 12.6. The number of nitrogens with zero attached hydrogens (tertiary/aromatic N) is 1. The van der Waals surface area contributed by atoms with E-state index in [1.54, 1.807) is 0 Å². The summed E-state index contributed by atoms with van der Waals surface area (Å²) < 4.78 is 13.2. The lowest BCUT2D eigenvalue weighted by molar-refractivity contribution is -0.253. The van der Waals surface area contributed by atoms with Crippen LogP contribution in [0.15, 0.2) is 72.8 Å². The predicted octanol–water partition coefficient (Wildman–Crippen LogP) is 6.92. The van der Waals surface area contributed by atoms with E-state index in [0.717, 1.165) is 59.4 Å². The zero-order valence-corrected chi connectivity index (χ0v) is 26.7. The van der Waals surface area contributed by atoms with Gasteiger partial charge in [-0.05, 0) is 72.7 Å². The fourth-order valence-corrected chi connectivity index (χ4v) is 6.36. The van der Waals surface area contributed by atoms with Crippen LogP contribution in [-0.2, 0) is 32.2 Å². The minimum atomic E-state index is -0.832. The normalized spacial score (nSPS) is 20.8. The molecule has 2 saturated heterocycles. The van der Waals surface area contributed by atoms with Crippen molar-refractivity contribution in [1.82, 2.24) is 10.2 Å². The molecule has 2 fully saturated rings. The van der Waals surface area contributed by atoms with Crippen molar-refractivity contribution in [2.24, 2.45) is 0 Å². The van der Waals surface area contributed by atoms with E-state index < -0.39 is 12.3 Å². The molecule has 8 nitrogen and oxygen atoms in total. The Morgan fingerprint density at radius 2 is 1.48 bits per heavy atom. The molecule has 0 unspecified atom stereocenters. The second-order valence-corrected chi connectivity index (χ2v) is 12.6. The van der Waals surface area contributed by atoms with E-state index in [4.69, 9.17) is 14.6 Å². The lowest BCUT2D eigenvalue weighted by atomic mass is 9.98. The number of likely N-dealkylation sites (tertiary alicyclic amines) is 1. The van der Waals surface area contributed by atoms with Crippen molar-refractivity contribution in [3.05, 3.63) is 95.1 Å². The Morgan fingerprint density at radius 3 is 2.20 bits per heavy atom. The molecule has 0 spiro atoms. The molecular formula is C38H48N2O6. The standard InChI is InChI=1S/C38H48N2O6/c41-27-28-13-15-31(16-14-28)35-24-34(26-40-21-6-2-1-3-7-22-40)45-38(46-35)32-19-17-30(18-20-32)33-10-8-9-29(23-33)25-39-36(42)11-4-5-12-37(43)44/h8-10,13-20,23,34-35,38,41H,1-7,11-12,21-22,24-27H2,(H,39,42)(H,43,44)/t34-,35+,38+/m1/s1. The number of nitrogens with one attached hydrogen (secondary N) is 1. The van der Waals surface area contributed by atoms with Crippen molar-refractivity contribution in [2.75, 3.05) is 19.6 Å². The average Bonchev–Trinajstić information content (AvgIpc) is 3.07. The zero-order chi connectivity index (χ0) is 32.1. The van der Waals surface area contributed by atoms with Crippen LogP contribution < -0.4 is 5.32 Å². The van der Waals surface area contributed by atoms with Gasteiger partial charge in [0.2, 0.25) is 5.91 Å². The molecule has 3 N–H and O–H groups in total. The van der Waals surface area contributed by atoms with E-state index >= 15 is 0 Å². The fourth-order valence-electron chi connectivity index (χ4n) is 6.36.